The SMILES string of the molecule is COCCCN1C(=O)C(CC(=O)Nc2cc(C)ccc2C)SC1=Nc1ccc(C)cc1. The average molecular weight is 440 g/mol. The Morgan fingerprint density at radius 3 is 2.55 bits per heavy atom. The number of carbonyl (C=O) groups excluding carboxylic acids is 2. The van der Waals surface area contributed by atoms with Gasteiger partial charge in [-0.3, -0.25) is 14.5 Å². The number of nitrogens with one attached hydrogen (secondary N) is 1. The maximum atomic E-state index is 13.1. The van der Waals surface area contributed by atoms with E-state index in [1.165, 1.54) is 11.8 Å². The van der Waals surface area contributed by atoms with Gasteiger partial charge in [0.05, 0.1) is 5.69 Å². The maximum Gasteiger partial charge on any atom is 0.242 e. The molecule has 31 heavy (non-hydrogen) atoms. The van der Waals surface area contributed by atoms with E-state index in [-0.39, 0.29) is 18.2 Å². The van der Waals surface area contributed by atoms with E-state index < -0.39 is 5.25 Å². The van der Waals surface area contributed by atoms with Gasteiger partial charge in [-0.25, -0.2) is 4.99 Å². The first kappa shape index (κ1) is 23.0. The number of thioether (sulfide) groups is 1. The Labute approximate surface area is 188 Å². The molecule has 1 aliphatic rings. The van der Waals surface area contributed by atoms with Crippen LogP contribution in [0.15, 0.2) is 47.5 Å². The molecule has 0 spiro atoms. The minimum atomic E-state index is -0.489. The van der Waals surface area contributed by atoms with Crippen molar-refractivity contribution in [3.63, 3.8) is 0 Å². The molecule has 2 aromatic rings. The highest BCUT2D eigenvalue weighted by molar-refractivity contribution is 8.15. The molecule has 1 saturated heterocycles. The van der Waals surface area contributed by atoms with Crippen LogP contribution in [0.5, 0.6) is 0 Å². The number of nitrogens with zero attached hydrogens (tertiary/aromatic N) is 2. The van der Waals surface area contributed by atoms with Crippen LogP contribution < -0.4 is 5.32 Å². The van der Waals surface area contributed by atoms with Gasteiger partial charge in [0.25, 0.3) is 0 Å². The molecule has 1 unspecified atom stereocenters. The van der Waals surface area contributed by atoms with Gasteiger partial charge in [-0.2, -0.15) is 0 Å². The first-order valence-electron chi connectivity index (χ1n) is 10.4. The highest BCUT2D eigenvalue weighted by Crippen LogP contribution is 2.32. The number of carbonyl (C=O) groups is 2. The first-order valence-corrected chi connectivity index (χ1v) is 11.2. The molecule has 0 aromatic heterocycles. The van der Waals surface area contributed by atoms with Gasteiger partial charge < -0.3 is 10.1 Å². The van der Waals surface area contributed by atoms with E-state index in [1.807, 2.05) is 63.2 Å². The molecule has 6 nitrogen and oxygen atoms in total. The third-order valence-electron chi connectivity index (χ3n) is 5.05. The quantitative estimate of drug-likeness (QED) is 0.610. The van der Waals surface area contributed by atoms with Gasteiger partial charge in [0, 0.05) is 32.4 Å². The van der Waals surface area contributed by atoms with Crippen molar-refractivity contribution in [2.24, 2.45) is 4.99 Å². The van der Waals surface area contributed by atoms with E-state index in [1.54, 1.807) is 12.0 Å². The van der Waals surface area contributed by atoms with Crippen LogP contribution in [0.4, 0.5) is 11.4 Å². The first-order chi connectivity index (χ1) is 14.9. The summed E-state index contributed by atoms with van der Waals surface area (Å²) in [7, 11) is 1.64. The molecule has 0 radical (unpaired) electrons. The topological polar surface area (TPSA) is 71.0 Å². The van der Waals surface area contributed by atoms with E-state index >= 15 is 0 Å². The normalized spacial score (nSPS) is 17.4. The van der Waals surface area contributed by atoms with Crippen molar-refractivity contribution < 1.29 is 14.3 Å². The van der Waals surface area contributed by atoms with Crippen molar-refractivity contribution in [1.29, 1.82) is 0 Å². The molecule has 1 atom stereocenters. The largest absolute Gasteiger partial charge is 0.385 e. The maximum absolute atomic E-state index is 13.1. The van der Waals surface area contributed by atoms with Gasteiger partial charge in [0.2, 0.25) is 11.8 Å². The van der Waals surface area contributed by atoms with Crippen molar-refractivity contribution in [2.45, 2.75) is 38.9 Å². The predicted molar refractivity (Wildman–Crippen MR) is 127 cm³/mol. The number of anilines is 1. The van der Waals surface area contributed by atoms with E-state index in [0.29, 0.717) is 24.7 Å². The van der Waals surface area contributed by atoms with Gasteiger partial charge in [-0.15, -0.1) is 0 Å². The average Bonchev–Trinajstić information content (AvgIpc) is 3.01. The van der Waals surface area contributed by atoms with Crippen molar-refractivity contribution in [3.8, 4) is 0 Å². The van der Waals surface area contributed by atoms with Crippen LogP contribution in [0.3, 0.4) is 0 Å². The Kier molecular flexibility index (Phi) is 7.87. The lowest BCUT2D eigenvalue weighted by Gasteiger charge is -2.16. The molecule has 1 N–H and O–H groups in total. The lowest BCUT2D eigenvalue weighted by atomic mass is 10.1. The molecule has 2 aromatic carbocycles. The number of hydrogen-bond acceptors (Lipinski definition) is 5. The zero-order valence-corrected chi connectivity index (χ0v) is 19.3. The summed E-state index contributed by atoms with van der Waals surface area (Å²) in [6, 6.07) is 13.8. The number of amidine groups is 1. The van der Waals surface area contributed by atoms with Gasteiger partial charge in [0.15, 0.2) is 5.17 Å². The number of aliphatic imine (C=N–C) groups is 1. The fraction of sp³-hybridized carbons (Fsp3) is 0.375. The van der Waals surface area contributed by atoms with Crippen LogP contribution >= 0.6 is 11.8 Å². The van der Waals surface area contributed by atoms with Gasteiger partial charge in [-0.1, -0.05) is 41.6 Å². The standard InChI is InChI=1S/C24H29N3O3S/c1-16-7-10-19(11-8-16)25-24-27(12-5-13-30-4)23(29)21(31-24)15-22(28)26-20-14-17(2)6-9-18(20)3/h6-11,14,21H,5,12-13,15H2,1-4H3,(H,26,28). The minimum absolute atomic E-state index is 0.0805. The number of methoxy groups -OCH3 is 1. The number of aryl methyl sites for hydroxylation is 3. The summed E-state index contributed by atoms with van der Waals surface area (Å²) in [4.78, 5) is 32.1. The Hall–Kier alpha value is -2.64. The number of rotatable bonds is 8. The Morgan fingerprint density at radius 2 is 1.84 bits per heavy atom. The molecule has 7 heteroatoms. The van der Waals surface area contributed by atoms with E-state index in [4.69, 9.17) is 4.74 Å². The van der Waals surface area contributed by atoms with Crippen LogP contribution in [0.1, 0.15) is 29.5 Å². The second-order valence-corrected chi connectivity index (χ2v) is 8.91. The van der Waals surface area contributed by atoms with E-state index in [0.717, 1.165) is 28.1 Å². The van der Waals surface area contributed by atoms with E-state index in [2.05, 4.69) is 10.3 Å². The smallest absolute Gasteiger partial charge is 0.242 e. The van der Waals surface area contributed by atoms with Gasteiger partial charge >= 0.3 is 0 Å². The van der Waals surface area contributed by atoms with Crippen molar-refractivity contribution in [2.75, 3.05) is 25.6 Å². The molecule has 1 heterocycles. The van der Waals surface area contributed by atoms with Gasteiger partial charge in [0.1, 0.15) is 5.25 Å². The fourth-order valence-electron chi connectivity index (χ4n) is 3.27. The summed E-state index contributed by atoms with van der Waals surface area (Å²) in [5.41, 5.74) is 4.79. The van der Waals surface area contributed by atoms with Crippen LogP contribution in [-0.4, -0.2) is 47.4 Å². The fourth-order valence-corrected chi connectivity index (χ4v) is 4.45. The summed E-state index contributed by atoms with van der Waals surface area (Å²) in [5, 5.41) is 3.10. The molecular formula is C24H29N3O3S. The van der Waals surface area contributed by atoms with Crippen LogP contribution in [-0.2, 0) is 14.3 Å². The molecule has 1 aliphatic heterocycles. The molecule has 3 rings (SSSR count). The third-order valence-corrected chi connectivity index (χ3v) is 6.22. The van der Waals surface area contributed by atoms with Crippen molar-refractivity contribution in [1.82, 2.24) is 4.90 Å². The highest BCUT2D eigenvalue weighted by Gasteiger charge is 2.38. The summed E-state index contributed by atoms with van der Waals surface area (Å²) in [6.07, 6.45) is 0.807. The predicted octanol–water partition coefficient (Wildman–Crippen LogP) is 4.61. The number of amides is 2. The second kappa shape index (κ2) is 10.6. The zero-order valence-electron chi connectivity index (χ0n) is 18.5. The van der Waals surface area contributed by atoms with Crippen molar-refractivity contribution >= 4 is 40.1 Å². The van der Waals surface area contributed by atoms with Crippen molar-refractivity contribution in [3.05, 3.63) is 59.2 Å². The summed E-state index contributed by atoms with van der Waals surface area (Å²) >= 11 is 1.35. The van der Waals surface area contributed by atoms with Crippen LogP contribution in [0.25, 0.3) is 0 Å². The lowest BCUT2D eigenvalue weighted by Crippen LogP contribution is -2.34. The van der Waals surface area contributed by atoms with Crippen LogP contribution in [0, 0.1) is 20.8 Å². The highest BCUT2D eigenvalue weighted by atomic mass is 32.2. The number of ether oxygens (including phenoxy) is 1. The number of benzene rings is 2. The Morgan fingerprint density at radius 1 is 1.13 bits per heavy atom. The summed E-state index contributed by atoms with van der Waals surface area (Å²) in [5.74, 6) is -0.254. The molecular weight excluding hydrogens is 410 g/mol. The monoisotopic (exact) mass is 439 g/mol. The second-order valence-electron chi connectivity index (χ2n) is 7.74. The Balaban J connectivity index is 1.74. The molecule has 0 aliphatic carbocycles. The minimum Gasteiger partial charge on any atom is -0.385 e. The van der Waals surface area contributed by atoms with Crippen LogP contribution in [0.2, 0.25) is 0 Å². The lowest BCUT2D eigenvalue weighted by molar-refractivity contribution is -0.128. The summed E-state index contributed by atoms with van der Waals surface area (Å²) < 4.78 is 5.13. The molecule has 0 saturated carbocycles. The molecule has 164 valence electrons. The molecule has 0 bridgehead atoms. The molecule has 1 fully saturated rings. The Bertz CT molecular complexity index is 973. The van der Waals surface area contributed by atoms with E-state index in [9.17, 15) is 9.59 Å². The third kappa shape index (κ3) is 6.18. The zero-order chi connectivity index (χ0) is 22.4. The summed E-state index contributed by atoms with van der Waals surface area (Å²) in [6.45, 7) is 7.03. The number of hydrogen-bond donors (Lipinski definition) is 1. The van der Waals surface area contributed by atoms with Gasteiger partial charge in [-0.05, 0) is 56.5 Å². The molecule has 2 amide bonds.